The molecule has 0 saturated carbocycles. The van der Waals surface area contributed by atoms with Gasteiger partial charge in [0.05, 0.1) is 13.2 Å². The molecule has 82 valence electrons. The summed E-state index contributed by atoms with van der Waals surface area (Å²) in [6, 6.07) is 0. The summed E-state index contributed by atoms with van der Waals surface area (Å²) < 4.78 is 40.0. The Morgan fingerprint density at radius 2 is 1.50 bits per heavy atom. The first-order chi connectivity index (χ1) is 6.66. The molecule has 2 saturated heterocycles. The number of hydrogen-bond donors (Lipinski definition) is 1. The molecule has 0 aromatic heterocycles. The van der Waals surface area contributed by atoms with Crippen molar-refractivity contribution >= 4 is 22.7 Å². The fourth-order valence-electron chi connectivity index (χ4n) is 1.11. The predicted molar refractivity (Wildman–Crippen MR) is 43.9 cm³/mol. The second-order valence-corrected chi connectivity index (χ2v) is 4.41. The van der Waals surface area contributed by atoms with Gasteiger partial charge in [0, 0.05) is 0 Å². The number of aliphatic hydroxyl groups is 1. The van der Waals surface area contributed by atoms with Crippen molar-refractivity contribution in [3.63, 3.8) is 0 Å². The fourth-order valence-corrected chi connectivity index (χ4v) is 2.45. The average molecular weight is 244 g/mol. The molecule has 7 nitrogen and oxygen atoms in total. The maximum atomic E-state index is 10.7. The Kier molecular flexibility index (Phi) is 3.27. The van der Waals surface area contributed by atoms with E-state index < -0.39 is 41.0 Å². The van der Waals surface area contributed by atoms with E-state index in [1.54, 1.807) is 0 Å². The lowest BCUT2D eigenvalue weighted by molar-refractivity contribution is -0.0205. The van der Waals surface area contributed by atoms with E-state index in [0.29, 0.717) is 0 Å². The van der Waals surface area contributed by atoms with Gasteiger partial charge < -0.3 is 5.11 Å². The van der Waals surface area contributed by atoms with Crippen molar-refractivity contribution in [2.75, 3.05) is 13.2 Å². The van der Waals surface area contributed by atoms with E-state index in [1.165, 1.54) is 0 Å². The minimum absolute atomic E-state index is 0.0142. The largest absolute Gasteiger partial charge is 0.387 e. The highest BCUT2D eigenvalue weighted by Crippen LogP contribution is 2.20. The van der Waals surface area contributed by atoms with Crippen LogP contribution in [0.4, 0.5) is 0 Å². The van der Waals surface area contributed by atoms with Gasteiger partial charge in [-0.1, -0.05) is 0 Å². The van der Waals surface area contributed by atoms with Crippen LogP contribution in [-0.4, -0.2) is 45.0 Å². The Morgan fingerprint density at radius 3 is 1.79 bits per heavy atom. The van der Waals surface area contributed by atoms with Crippen LogP contribution in [-0.2, 0) is 39.5 Å². The Labute approximate surface area is 85.0 Å². The highest BCUT2D eigenvalue weighted by atomic mass is 32.2. The third-order valence-corrected chi connectivity index (χ3v) is 3.29. The van der Waals surface area contributed by atoms with Gasteiger partial charge in [-0.2, -0.15) is 8.42 Å². The molecule has 2 aliphatic rings. The van der Waals surface area contributed by atoms with E-state index in [2.05, 4.69) is 8.37 Å². The zero-order valence-corrected chi connectivity index (χ0v) is 8.49. The zero-order valence-electron chi connectivity index (χ0n) is 6.86. The molecule has 5 atom stereocenters. The summed E-state index contributed by atoms with van der Waals surface area (Å²) in [5, 5.41) is 9.61. The number of rotatable bonds is 2. The van der Waals surface area contributed by atoms with Crippen LogP contribution in [0.5, 0.6) is 0 Å². The lowest BCUT2D eigenvalue weighted by Crippen LogP contribution is -2.39. The molecular formula is C5H8O7S2. The molecule has 0 aliphatic carbocycles. The molecule has 3 unspecified atom stereocenters. The minimum atomic E-state index is -1.81. The number of aliphatic hydroxyl groups excluding tert-OH is 1. The van der Waals surface area contributed by atoms with Crippen LogP contribution in [0.15, 0.2) is 0 Å². The quantitative estimate of drug-likeness (QED) is 0.621. The van der Waals surface area contributed by atoms with Crippen molar-refractivity contribution in [2.24, 2.45) is 0 Å². The summed E-state index contributed by atoms with van der Waals surface area (Å²) >= 11 is -3.63. The molecule has 2 fully saturated rings. The molecule has 2 aliphatic heterocycles. The van der Waals surface area contributed by atoms with Crippen molar-refractivity contribution in [1.82, 2.24) is 0 Å². The van der Waals surface area contributed by atoms with Crippen LogP contribution in [0, 0.1) is 0 Å². The van der Waals surface area contributed by atoms with Gasteiger partial charge in [-0.05, 0) is 0 Å². The van der Waals surface area contributed by atoms with Crippen molar-refractivity contribution in [3.8, 4) is 0 Å². The second-order valence-electron chi connectivity index (χ2n) is 2.74. The Bertz CT molecular complexity index is 243. The van der Waals surface area contributed by atoms with E-state index in [-0.39, 0.29) is 13.2 Å². The lowest BCUT2D eigenvalue weighted by Gasteiger charge is -2.17. The van der Waals surface area contributed by atoms with Crippen LogP contribution in [0.2, 0.25) is 0 Å². The van der Waals surface area contributed by atoms with Gasteiger partial charge in [0.1, 0.15) is 18.3 Å². The first kappa shape index (κ1) is 10.6. The van der Waals surface area contributed by atoms with Crippen molar-refractivity contribution in [2.45, 2.75) is 18.3 Å². The summed E-state index contributed by atoms with van der Waals surface area (Å²) in [5.74, 6) is 0. The van der Waals surface area contributed by atoms with Gasteiger partial charge in [0.25, 0.3) is 0 Å². The summed E-state index contributed by atoms with van der Waals surface area (Å²) in [6.07, 6.45) is -2.54. The predicted octanol–water partition coefficient (Wildman–Crippen LogP) is -1.66. The molecule has 0 bridgehead atoms. The van der Waals surface area contributed by atoms with Gasteiger partial charge in [0.2, 0.25) is 0 Å². The third kappa shape index (κ3) is 2.19. The Balaban J connectivity index is 1.91. The summed E-state index contributed by atoms with van der Waals surface area (Å²) in [7, 11) is 0. The van der Waals surface area contributed by atoms with Crippen molar-refractivity contribution in [1.29, 1.82) is 0 Å². The molecule has 9 heteroatoms. The Morgan fingerprint density at radius 1 is 1.07 bits per heavy atom. The summed E-state index contributed by atoms with van der Waals surface area (Å²) in [5.41, 5.74) is 0. The van der Waals surface area contributed by atoms with Crippen LogP contribution < -0.4 is 0 Å². The first-order valence-electron chi connectivity index (χ1n) is 3.79. The van der Waals surface area contributed by atoms with Gasteiger partial charge >= 0.3 is 22.7 Å². The highest BCUT2D eigenvalue weighted by molar-refractivity contribution is 7.75. The molecule has 2 rings (SSSR count). The van der Waals surface area contributed by atoms with Crippen molar-refractivity contribution in [3.05, 3.63) is 0 Å². The van der Waals surface area contributed by atoms with E-state index in [9.17, 15) is 13.5 Å². The van der Waals surface area contributed by atoms with E-state index >= 15 is 0 Å². The minimum Gasteiger partial charge on any atom is -0.387 e. The van der Waals surface area contributed by atoms with Crippen LogP contribution >= 0.6 is 0 Å². The monoisotopic (exact) mass is 244 g/mol. The Hall–Kier alpha value is 0.1000. The van der Waals surface area contributed by atoms with Gasteiger partial charge in [-0.15, -0.1) is 0 Å². The fraction of sp³-hybridized carbons (Fsp3) is 1.00. The standard InChI is InChI=1S/C5H8O7S2/c6-5(3-1-9-13(7)11-3)4-2-10-14(8)12-4/h3-6H,1-2H2/t3-,4+,5?,13?,14?. The SMILES string of the molecule is O=S1OC[C@@H](C(O)[C@H]2COS(=O)O2)O1. The molecule has 0 aromatic carbocycles. The van der Waals surface area contributed by atoms with Gasteiger partial charge in [0.15, 0.2) is 0 Å². The molecular weight excluding hydrogens is 236 g/mol. The van der Waals surface area contributed by atoms with Crippen LogP contribution in [0.3, 0.4) is 0 Å². The molecule has 0 amide bonds. The topological polar surface area (TPSA) is 91.3 Å². The first-order valence-corrected chi connectivity index (χ1v) is 5.79. The maximum absolute atomic E-state index is 10.7. The van der Waals surface area contributed by atoms with Gasteiger partial charge in [-0.25, -0.2) is 0 Å². The van der Waals surface area contributed by atoms with E-state index in [4.69, 9.17) is 8.37 Å². The van der Waals surface area contributed by atoms with Crippen LogP contribution in [0.25, 0.3) is 0 Å². The van der Waals surface area contributed by atoms with E-state index in [1.807, 2.05) is 0 Å². The molecule has 0 spiro atoms. The smallest absolute Gasteiger partial charge is 0.305 e. The lowest BCUT2D eigenvalue weighted by atomic mass is 10.1. The second kappa shape index (κ2) is 4.31. The third-order valence-electron chi connectivity index (χ3n) is 1.82. The van der Waals surface area contributed by atoms with Gasteiger partial charge in [-0.3, -0.25) is 16.7 Å². The average Bonchev–Trinajstić information content (AvgIpc) is 2.73. The van der Waals surface area contributed by atoms with E-state index in [0.717, 1.165) is 0 Å². The summed E-state index contributed by atoms with van der Waals surface area (Å²) in [4.78, 5) is 0. The molecule has 14 heavy (non-hydrogen) atoms. The molecule has 2 heterocycles. The highest BCUT2D eigenvalue weighted by Gasteiger charge is 2.40. The molecule has 0 aromatic rings. The summed E-state index contributed by atoms with van der Waals surface area (Å²) in [6.45, 7) is 0.0283. The number of hydrogen-bond acceptors (Lipinski definition) is 7. The van der Waals surface area contributed by atoms with Crippen LogP contribution in [0.1, 0.15) is 0 Å². The molecule has 0 radical (unpaired) electrons. The normalized spacial score (nSPS) is 45.5. The maximum Gasteiger partial charge on any atom is 0.305 e. The molecule has 1 N–H and O–H groups in total. The zero-order chi connectivity index (χ0) is 10.1. The van der Waals surface area contributed by atoms with Crippen molar-refractivity contribution < 1.29 is 30.3 Å².